The third-order valence-corrected chi connectivity index (χ3v) is 5.02. The van der Waals surface area contributed by atoms with Gasteiger partial charge in [0.1, 0.15) is 6.10 Å². The number of carbonyl (C=O) groups excluding carboxylic acids is 1. The molecule has 0 aromatic carbocycles. The van der Waals surface area contributed by atoms with E-state index in [2.05, 4.69) is 13.0 Å². The lowest BCUT2D eigenvalue weighted by atomic mass is 9.87. The molecule has 1 saturated carbocycles. The number of rotatable bonds is 7. The third-order valence-electron chi connectivity index (χ3n) is 5.02. The van der Waals surface area contributed by atoms with E-state index in [9.17, 15) is 4.79 Å². The number of hydrogen-bond acceptors (Lipinski definition) is 3. The minimum atomic E-state index is -0.0251. The van der Waals surface area contributed by atoms with Crippen molar-refractivity contribution in [3.8, 4) is 0 Å². The molecule has 2 rings (SSSR count). The molecule has 2 aliphatic carbocycles. The van der Waals surface area contributed by atoms with E-state index in [1.807, 2.05) is 6.92 Å². The Morgan fingerprint density at radius 2 is 1.91 bits per heavy atom. The zero-order valence-electron chi connectivity index (χ0n) is 14.3. The van der Waals surface area contributed by atoms with Gasteiger partial charge in [0.25, 0.3) is 0 Å². The molecule has 2 aliphatic rings. The molecule has 0 aromatic heterocycles. The maximum Gasteiger partial charge on any atom is 0.306 e. The fourth-order valence-electron chi connectivity index (χ4n) is 3.47. The van der Waals surface area contributed by atoms with Gasteiger partial charge < -0.3 is 9.47 Å². The van der Waals surface area contributed by atoms with Crippen molar-refractivity contribution in [2.24, 2.45) is 5.92 Å². The summed E-state index contributed by atoms with van der Waals surface area (Å²) in [5.74, 6) is 0.626. The Hall–Kier alpha value is -0.830. The van der Waals surface area contributed by atoms with Gasteiger partial charge in [-0.1, -0.05) is 25.5 Å². The van der Waals surface area contributed by atoms with Crippen LogP contribution in [-0.4, -0.2) is 24.8 Å². The molecule has 22 heavy (non-hydrogen) atoms. The van der Waals surface area contributed by atoms with Crippen LogP contribution in [0.5, 0.6) is 0 Å². The van der Waals surface area contributed by atoms with Crippen LogP contribution < -0.4 is 0 Å². The number of esters is 1. The summed E-state index contributed by atoms with van der Waals surface area (Å²) in [6.07, 6.45) is 13.3. The SMILES string of the molecule is CCCC(=O)OC1CCC(COC2CC=C(CC)CC2)CC1. The molecule has 0 aromatic rings. The second-order valence-corrected chi connectivity index (χ2v) is 6.83. The van der Waals surface area contributed by atoms with E-state index in [0.29, 0.717) is 18.4 Å². The van der Waals surface area contributed by atoms with Crippen molar-refractivity contribution in [1.82, 2.24) is 0 Å². The third kappa shape index (κ3) is 5.75. The van der Waals surface area contributed by atoms with Crippen LogP contribution in [0.15, 0.2) is 11.6 Å². The van der Waals surface area contributed by atoms with Gasteiger partial charge >= 0.3 is 5.97 Å². The number of ether oxygens (including phenoxy) is 2. The summed E-state index contributed by atoms with van der Waals surface area (Å²) in [5.41, 5.74) is 1.59. The van der Waals surface area contributed by atoms with Gasteiger partial charge in [0.15, 0.2) is 0 Å². The molecule has 1 fully saturated rings. The molecule has 0 spiro atoms. The predicted molar refractivity (Wildman–Crippen MR) is 88.7 cm³/mol. The van der Waals surface area contributed by atoms with Crippen LogP contribution in [0.1, 0.15) is 78.1 Å². The van der Waals surface area contributed by atoms with E-state index in [1.54, 1.807) is 5.57 Å². The summed E-state index contributed by atoms with van der Waals surface area (Å²) in [5, 5.41) is 0. The van der Waals surface area contributed by atoms with Crippen molar-refractivity contribution in [3.63, 3.8) is 0 Å². The average Bonchev–Trinajstić information content (AvgIpc) is 2.55. The zero-order chi connectivity index (χ0) is 15.8. The van der Waals surface area contributed by atoms with Crippen LogP contribution in [0.2, 0.25) is 0 Å². The van der Waals surface area contributed by atoms with Gasteiger partial charge in [-0.2, -0.15) is 0 Å². The molecule has 1 atom stereocenters. The minimum absolute atomic E-state index is 0.0251. The molecule has 0 N–H and O–H groups in total. The Kier molecular flexibility index (Phi) is 7.44. The van der Waals surface area contributed by atoms with Crippen LogP contribution in [-0.2, 0) is 14.3 Å². The van der Waals surface area contributed by atoms with Crippen LogP contribution in [0.3, 0.4) is 0 Å². The molecule has 1 unspecified atom stereocenters. The highest BCUT2D eigenvalue weighted by Crippen LogP contribution is 2.29. The standard InChI is InChI=1S/C19H32O3/c1-3-5-19(20)22-18-12-8-16(9-13-18)14-21-17-10-6-15(4-2)7-11-17/h6,16-18H,3-5,7-14H2,1-2H3. The van der Waals surface area contributed by atoms with Crippen molar-refractivity contribution in [3.05, 3.63) is 11.6 Å². The highest BCUT2D eigenvalue weighted by Gasteiger charge is 2.25. The topological polar surface area (TPSA) is 35.5 Å². The quantitative estimate of drug-likeness (QED) is 0.501. The first-order valence-corrected chi connectivity index (χ1v) is 9.20. The predicted octanol–water partition coefficient (Wildman–Crippen LogP) is 4.79. The van der Waals surface area contributed by atoms with E-state index in [4.69, 9.17) is 9.47 Å². The lowest BCUT2D eigenvalue weighted by Crippen LogP contribution is -2.28. The Labute approximate surface area is 135 Å². The lowest BCUT2D eigenvalue weighted by Gasteiger charge is -2.30. The fourth-order valence-corrected chi connectivity index (χ4v) is 3.47. The van der Waals surface area contributed by atoms with Crippen molar-refractivity contribution >= 4 is 5.97 Å². The van der Waals surface area contributed by atoms with Gasteiger partial charge in [-0.05, 0) is 63.7 Å². The molecule has 126 valence electrons. The molecule has 0 saturated heterocycles. The second kappa shape index (κ2) is 9.34. The smallest absolute Gasteiger partial charge is 0.306 e. The maximum atomic E-state index is 11.5. The maximum absolute atomic E-state index is 11.5. The summed E-state index contributed by atoms with van der Waals surface area (Å²) in [6.45, 7) is 5.13. The van der Waals surface area contributed by atoms with Crippen LogP contribution >= 0.6 is 0 Å². The van der Waals surface area contributed by atoms with Crippen LogP contribution in [0.4, 0.5) is 0 Å². The molecular formula is C19H32O3. The van der Waals surface area contributed by atoms with Gasteiger partial charge in [-0.25, -0.2) is 0 Å². The molecule has 0 heterocycles. The van der Waals surface area contributed by atoms with E-state index in [1.165, 1.54) is 19.3 Å². The Balaban J connectivity index is 1.60. The summed E-state index contributed by atoms with van der Waals surface area (Å²) in [7, 11) is 0. The van der Waals surface area contributed by atoms with Crippen molar-refractivity contribution < 1.29 is 14.3 Å². The highest BCUT2D eigenvalue weighted by molar-refractivity contribution is 5.69. The van der Waals surface area contributed by atoms with E-state index in [-0.39, 0.29) is 12.1 Å². The first kappa shape index (κ1) is 17.5. The first-order chi connectivity index (χ1) is 10.7. The van der Waals surface area contributed by atoms with Crippen molar-refractivity contribution in [1.29, 1.82) is 0 Å². The summed E-state index contributed by atoms with van der Waals surface area (Å²) in [6, 6.07) is 0. The Morgan fingerprint density at radius 3 is 2.50 bits per heavy atom. The molecule has 3 heteroatoms. The molecule has 0 aliphatic heterocycles. The summed E-state index contributed by atoms with van der Waals surface area (Å²) < 4.78 is 11.6. The molecule has 3 nitrogen and oxygen atoms in total. The lowest BCUT2D eigenvalue weighted by molar-refractivity contribution is -0.151. The molecule has 0 amide bonds. The van der Waals surface area contributed by atoms with E-state index >= 15 is 0 Å². The van der Waals surface area contributed by atoms with Gasteiger partial charge in [-0.15, -0.1) is 0 Å². The van der Waals surface area contributed by atoms with Crippen LogP contribution in [0.25, 0.3) is 0 Å². The number of carbonyl (C=O) groups is 1. The monoisotopic (exact) mass is 308 g/mol. The molecular weight excluding hydrogens is 276 g/mol. The molecule has 0 radical (unpaired) electrons. The molecule has 0 bridgehead atoms. The second-order valence-electron chi connectivity index (χ2n) is 6.83. The summed E-state index contributed by atoms with van der Waals surface area (Å²) >= 11 is 0. The van der Waals surface area contributed by atoms with Crippen LogP contribution in [0, 0.1) is 5.92 Å². The van der Waals surface area contributed by atoms with E-state index in [0.717, 1.165) is 45.1 Å². The zero-order valence-corrected chi connectivity index (χ0v) is 14.3. The van der Waals surface area contributed by atoms with Crippen molar-refractivity contribution in [2.75, 3.05) is 6.61 Å². The largest absolute Gasteiger partial charge is 0.462 e. The first-order valence-electron chi connectivity index (χ1n) is 9.20. The number of hydrogen-bond donors (Lipinski definition) is 0. The van der Waals surface area contributed by atoms with Gasteiger partial charge in [0.2, 0.25) is 0 Å². The summed E-state index contributed by atoms with van der Waals surface area (Å²) in [4.78, 5) is 11.5. The van der Waals surface area contributed by atoms with Gasteiger partial charge in [0.05, 0.1) is 6.10 Å². The average molecular weight is 308 g/mol. The fraction of sp³-hybridized carbons (Fsp3) is 0.842. The minimum Gasteiger partial charge on any atom is -0.462 e. The van der Waals surface area contributed by atoms with E-state index < -0.39 is 0 Å². The Morgan fingerprint density at radius 1 is 1.14 bits per heavy atom. The van der Waals surface area contributed by atoms with Gasteiger partial charge in [-0.3, -0.25) is 4.79 Å². The van der Waals surface area contributed by atoms with Crippen molar-refractivity contribution in [2.45, 2.75) is 90.3 Å². The highest BCUT2D eigenvalue weighted by atomic mass is 16.5. The van der Waals surface area contributed by atoms with Gasteiger partial charge in [0, 0.05) is 13.0 Å². The Bertz CT molecular complexity index is 367. The normalized spacial score (nSPS) is 29.0. The number of allylic oxidation sites excluding steroid dienone is 1.